The Bertz CT molecular complexity index is 473. The normalized spacial score (nSPS) is 15.4. The molecule has 0 heterocycles. The molecular formula is C16H18. The van der Waals surface area contributed by atoms with Crippen LogP contribution in [0.15, 0.2) is 48.6 Å². The van der Waals surface area contributed by atoms with Crippen molar-refractivity contribution in [3.63, 3.8) is 0 Å². The highest BCUT2D eigenvalue weighted by Crippen LogP contribution is 2.27. The SMILES string of the molecule is C=C/C=C(C)\C=C(/C)c1ccc2c(c1)CC2. The monoisotopic (exact) mass is 210 g/mol. The van der Waals surface area contributed by atoms with Crippen LogP contribution in [0.2, 0.25) is 0 Å². The van der Waals surface area contributed by atoms with Gasteiger partial charge in [-0.3, -0.25) is 0 Å². The van der Waals surface area contributed by atoms with Crippen LogP contribution in [0, 0.1) is 0 Å². The van der Waals surface area contributed by atoms with Crippen molar-refractivity contribution in [1.29, 1.82) is 0 Å². The highest BCUT2D eigenvalue weighted by Gasteiger charge is 2.12. The molecule has 0 radical (unpaired) electrons. The molecule has 0 aromatic heterocycles. The minimum absolute atomic E-state index is 1.25. The molecule has 0 saturated heterocycles. The lowest BCUT2D eigenvalue weighted by molar-refractivity contribution is 0.838. The van der Waals surface area contributed by atoms with Crippen LogP contribution in [-0.4, -0.2) is 0 Å². The maximum atomic E-state index is 3.71. The topological polar surface area (TPSA) is 0 Å². The molecule has 0 nitrogen and oxygen atoms in total. The summed E-state index contributed by atoms with van der Waals surface area (Å²) >= 11 is 0. The van der Waals surface area contributed by atoms with E-state index >= 15 is 0 Å². The van der Waals surface area contributed by atoms with E-state index in [1.807, 2.05) is 12.2 Å². The van der Waals surface area contributed by atoms with Gasteiger partial charge < -0.3 is 0 Å². The molecule has 0 amide bonds. The lowest BCUT2D eigenvalue weighted by Crippen LogP contribution is -2.07. The van der Waals surface area contributed by atoms with Gasteiger partial charge in [-0.25, -0.2) is 0 Å². The van der Waals surface area contributed by atoms with Crippen molar-refractivity contribution in [3.05, 3.63) is 65.3 Å². The molecule has 1 aliphatic carbocycles. The first kappa shape index (κ1) is 10.9. The lowest BCUT2D eigenvalue weighted by atomic mass is 9.86. The van der Waals surface area contributed by atoms with E-state index in [1.54, 1.807) is 0 Å². The molecule has 0 atom stereocenters. The van der Waals surface area contributed by atoms with Gasteiger partial charge in [0.15, 0.2) is 0 Å². The Morgan fingerprint density at radius 1 is 1.19 bits per heavy atom. The first-order valence-electron chi connectivity index (χ1n) is 5.80. The van der Waals surface area contributed by atoms with Crippen molar-refractivity contribution >= 4 is 5.57 Å². The van der Waals surface area contributed by atoms with Gasteiger partial charge in [-0.1, -0.05) is 48.6 Å². The second-order valence-electron chi connectivity index (χ2n) is 4.46. The summed E-state index contributed by atoms with van der Waals surface area (Å²) in [5, 5.41) is 0. The molecule has 0 aliphatic heterocycles. The van der Waals surface area contributed by atoms with Crippen LogP contribution < -0.4 is 0 Å². The van der Waals surface area contributed by atoms with Gasteiger partial charge in [-0.05, 0) is 49.0 Å². The maximum absolute atomic E-state index is 3.71. The van der Waals surface area contributed by atoms with E-state index < -0.39 is 0 Å². The van der Waals surface area contributed by atoms with Crippen LogP contribution in [-0.2, 0) is 12.8 Å². The summed E-state index contributed by atoms with van der Waals surface area (Å²) in [5.41, 5.74) is 6.96. The number of hydrogen-bond acceptors (Lipinski definition) is 0. The number of fused-ring (bicyclic) bond motifs is 1. The molecule has 0 heteroatoms. The van der Waals surface area contributed by atoms with Gasteiger partial charge in [0.2, 0.25) is 0 Å². The zero-order valence-electron chi connectivity index (χ0n) is 10.1. The van der Waals surface area contributed by atoms with E-state index in [9.17, 15) is 0 Å². The third-order valence-corrected chi connectivity index (χ3v) is 3.15. The number of allylic oxidation sites excluding steroid dienone is 5. The fourth-order valence-corrected chi connectivity index (χ4v) is 2.10. The van der Waals surface area contributed by atoms with Crippen LogP contribution in [0.3, 0.4) is 0 Å². The van der Waals surface area contributed by atoms with Crippen LogP contribution in [0.25, 0.3) is 5.57 Å². The summed E-state index contributed by atoms with van der Waals surface area (Å²) in [6.45, 7) is 7.98. The van der Waals surface area contributed by atoms with Gasteiger partial charge in [-0.2, -0.15) is 0 Å². The van der Waals surface area contributed by atoms with Crippen LogP contribution in [0.5, 0.6) is 0 Å². The average molecular weight is 210 g/mol. The van der Waals surface area contributed by atoms with E-state index in [0.29, 0.717) is 0 Å². The summed E-state index contributed by atoms with van der Waals surface area (Å²) in [5.74, 6) is 0. The Labute approximate surface area is 98.0 Å². The van der Waals surface area contributed by atoms with Crippen molar-refractivity contribution in [1.82, 2.24) is 0 Å². The summed E-state index contributed by atoms with van der Waals surface area (Å²) in [7, 11) is 0. The largest absolute Gasteiger partial charge is 0.0991 e. The predicted molar refractivity (Wildman–Crippen MR) is 71.5 cm³/mol. The first-order valence-corrected chi connectivity index (χ1v) is 5.80. The molecule has 16 heavy (non-hydrogen) atoms. The van der Waals surface area contributed by atoms with Crippen molar-refractivity contribution < 1.29 is 0 Å². The third kappa shape index (κ3) is 2.16. The second kappa shape index (κ2) is 4.52. The Kier molecular flexibility index (Phi) is 3.09. The van der Waals surface area contributed by atoms with Crippen molar-refractivity contribution in [2.45, 2.75) is 26.7 Å². The summed E-state index contributed by atoms with van der Waals surface area (Å²) in [4.78, 5) is 0. The Morgan fingerprint density at radius 2 is 1.94 bits per heavy atom. The highest BCUT2D eigenvalue weighted by atomic mass is 14.2. The van der Waals surface area contributed by atoms with Gasteiger partial charge in [0.05, 0.1) is 0 Å². The Balaban J connectivity index is 2.26. The third-order valence-electron chi connectivity index (χ3n) is 3.15. The quantitative estimate of drug-likeness (QED) is 0.652. The highest BCUT2D eigenvalue weighted by molar-refractivity contribution is 5.68. The van der Waals surface area contributed by atoms with Crippen molar-refractivity contribution in [3.8, 4) is 0 Å². The molecule has 2 rings (SSSR count). The van der Waals surface area contributed by atoms with Crippen molar-refractivity contribution in [2.75, 3.05) is 0 Å². The zero-order valence-corrected chi connectivity index (χ0v) is 10.1. The molecule has 1 aromatic rings. The van der Waals surface area contributed by atoms with Crippen molar-refractivity contribution in [2.24, 2.45) is 0 Å². The molecule has 0 fully saturated rings. The van der Waals surface area contributed by atoms with Gasteiger partial charge in [0.1, 0.15) is 0 Å². The number of rotatable bonds is 3. The van der Waals surface area contributed by atoms with E-state index in [4.69, 9.17) is 0 Å². The number of aryl methyl sites for hydroxylation is 2. The minimum Gasteiger partial charge on any atom is -0.0991 e. The smallest absolute Gasteiger partial charge is 0.0224 e. The molecule has 0 bridgehead atoms. The lowest BCUT2D eigenvalue weighted by Gasteiger charge is -2.19. The molecule has 82 valence electrons. The standard InChI is InChI=1S/C16H18/c1-4-5-12(2)10-13(3)15-8-6-14-7-9-16(14)11-15/h4-6,8,10-11H,1,7,9H2,2-3H3/b12-5-,13-10+. The minimum atomic E-state index is 1.25. The molecule has 0 spiro atoms. The zero-order chi connectivity index (χ0) is 11.5. The van der Waals surface area contributed by atoms with Crippen LogP contribution in [0.4, 0.5) is 0 Å². The van der Waals surface area contributed by atoms with Gasteiger partial charge in [0, 0.05) is 0 Å². The maximum Gasteiger partial charge on any atom is -0.0224 e. The summed E-state index contributed by atoms with van der Waals surface area (Å²) < 4.78 is 0. The fraction of sp³-hybridized carbons (Fsp3) is 0.250. The first-order chi connectivity index (χ1) is 7.70. The molecule has 1 aromatic carbocycles. The Morgan fingerprint density at radius 3 is 2.50 bits per heavy atom. The Hall–Kier alpha value is -1.56. The van der Waals surface area contributed by atoms with E-state index in [0.717, 1.165) is 0 Å². The van der Waals surface area contributed by atoms with E-state index in [-0.39, 0.29) is 0 Å². The second-order valence-corrected chi connectivity index (χ2v) is 4.46. The van der Waals surface area contributed by atoms with Gasteiger partial charge >= 0.3 is 0 Å². The predicted octanol–water partition coefficient (Wildman–Crippen LogP) is 4.32. The molecule has 1 aliphatic rings. The number of hydrogen-bond donors (Lipinski definition) is 0. The summed E-state index contributed by atoms with van der Waals surface area (Å²) in [6, 6.07) is 6.81. The molecule has 0 N–H and O–H groups in total. The van der Waals surface area contributed by atoms with Crippen LogP contribution in [0.1, 0.15) is 30.5 Å². The van der Waals surface area contributed by atoms with E-state index in [2.05, 4.69) is 44.7 Å². The van der Waals surface area contributed by atoms with E-state index in [1.165, 1.54) is 40.7 Å². The average Bonchev–Trinajstić information content (AvgIpc) is 2.20. The number of benzene rings is 1. The van der Waals surface area contributed by atoms with Gasteiger partial charge in [-0.15, -0.1) is 0 Å². The fourth-order valence-electron chi connectivity index (χ4n) is 2.10. The molecular weight excluding hydrogens is 192 g/mol. The molecule has 0 saturated carbocycles. The van der Waals surface area contributed by atoms with Crippen LogP contribution >= 0.6 is 0 Å². The summed E-state index contributed by atoms with van der Waals surface area (Å²) in [6.07, 6.45) is 8.58. The van der Waals surface area contributed by atoms with Gasteiger partial charge in [0.25, 0.3) is 0 Å². The molecule has 0 unspecified atom stereocenters.